The highest BCUT2D eigenvalue weighted by molar-refractivity contribution is 9.10. The number of para-hydroxylation sites is 1. The van der Waals surface area contributed by atoms with Crippen LogP contribution in [0.15, 0.2) is 53.0 Å². The van der Waals surface area contributed by atoms with Crippen LogP contribution in [0.1, 0.15) is 28.5 Å². The Hall–Kier alpha value is -2.40. The summed E-state index contributed by atoms with van der Waals surface area (Å²) in [6, 6.07) is 15.9. The van der Waals surface area contributed by atoms with E-state index in [1.54, 1.807) is 0 Å². The maximum Gasteiger partial charge on any atom is 0.341 e. The molecule has 25 heavy (non-hydrogen) atoms. The highest BCUT2D eigenvalue weighted by atomic mass is 79.9. The number of pyridine rings is 1. The Morgan fingerprint density at radius 2 is 1.88 bits per heavy atom. The molecule has 0 unspecified atom stereocenters. The number of aromatic nitrogens is 1. The van der Waals surface area contributed by atoms with E-state index in [-0.39, 0.29) is 5.97 Å². The Balaban J connectivity index is 2.09. The molecule has 1 N–H and O–H groups in total. The molecule has 0 spiro atoms. The maximum atomic E-state index is 12.4. The summed E-state index contributed by atoms with van der Waals surface area (Å²) in [7, 11) is 1.40. The number of nitrogens with zero attached hydrogens (tertiary/aromatic N) is 1. The van der Waals surface area contributed by atoms with Crippen LogP contribution in [0.3, 0.4) is 0 Å². The number of halogens is 1. The predicted molar refractivity (Wildman–Crippen MR) is 104 cm³/mol. The number of ether oxygens (including phenoxy) is 1. The molecule has 3 aromatic rings. The molecule has 4 nitrogen and oxygen atoms in total. The standard InChI is InChI=1S/C20H19BrN2O2/c1-3-16-18(20(24)25-2)19(15-6-4-5-7-17(15)23-16)22-12-13-8-10-14(21)11-9-13/h4-11H,3,12H2,1-2H3,(H,22,23). The molecular formula is C20H19BrN2O2. The first-order valence-electron chi connectivity index (χ1n) is 8.12. The van der Waals surface area contributed by atoms with Crippen molar-refractivity contribution in [2.75, 3.05) is 12.4 Å². The van der Waals surface area contributed by atoms with Crippen LogP contribution >= 0.6 is 15.9 Å². The van der Waals surface area contributed by atoms with Crippen LogP contribution in [0.2, 0.25) is 0 Å². The Morgan fingerprint density at radius 3 is 2.56 bits per heavy atom. The summed E-state index contributed by atoms with van der Waals surface area (Å²) in [6.45, 7) is 2.59. The largest absolute Gasteiger partial charge is 0.465 e. The summed E-state index contributed by atoms with van der Waals surface area (Å²) >= 11 is 3.44. The number of carbonyl (C=O) groups is 1. The molecular weight excluding hydrogens is 380 g/mol. The molecule has 0 aliphatic carbocycles. The van der Waals surface area contributed by atoms with E-state index < -0.39 is 0 Å². The number of methoxy groups -OCH3 is 1. The Kier molecular flexibility index (Phi) is 5.34. The first-order chi connectivity index (χ1) is 12.1. The summed E-state index contributed by atoms with van der Waals surface area (Å²) < 4.78 is 6.05. The van der Waals surface area contributed by atoms with E-state index in [0.717, 1.165) is 32.3 Å². The average molecular weight is 399 g/mol. The van der Waals surface area contributed by atoms with E-state index in [1.165, 1.54) is 7.11 Å². The number of fused-ring (bicyclic) bond motifs is 1. The van der Waals surface area contributed by atoms with Crippen LogP contribution in [0, 0.1) is 0 Å². The van der Waals surface area contributed by atoms with Crippen molar-refractivity contribution < 1.29 is 9.53 Å². The lowest BCUT2D eigenvalue weighted by Crippen LogP contribution is -2.13. The van der Waals surface area contributed by atoms with Crippen molar-refractivity contribution in [3.8, 4) is 0 Å². The van der Waals surface area contributed by atoms with Crippen molar-refractivity contribution in [2.24, 2.45) is 0 Å². The molecule has 2 aromatic carbocycles. The first kappa shape index (κ1) is 17.4. The highest BCUT2D eigenvalue weighted by Gasteiger charge is 2.20. The summed E-state index contributed by atoms with van der Waals surface area (Å²) in [4.78, 5) is 17.0. The number of benzene rings is 2. The maximum absolute atomic E-state index is 12.4. The molecule has 0 fully saturated rings. The van der Waals surface area contributed by atoms with E-state index in [4.69, 9.17) is 4.74 Å². The van der Waals surface area contributed by atoms with Crippen molar-refractivity contribution in [2.45, 2.75) is 19.9 Å². The number of hydrogen-bond donors (Lipinski definition) is 1. The van der Waals surface area contributed by atoms with E-state index in [2.05, 4.69) is 26.2 Å². The van der Waals surface area contributed by atoms with Crippen molar-refractivity contribution in [1.29, 1.82) is 0 Å². The molecule has 0 aliphatic heterocycles. The van der Waals surface area contributed by atoms with Gasteiger partial charge in [0.2, 0.25) is 0 Å². The minimum Gasteiger partial charge on any atom is -0.465 e. The molecule has 0 bridgehead atoms. The van der Waals surface area contributed by atoms with Gasteiger partial charge in [0.15, 0.2) is 0 Å². The van der Waals surface area contributed by atoms with Gasteiger partial charge >= 0.3 is 5.97 Å². The number of carbonyl (C=O) groups excluding carboxylic acids is 1. The zero-order valence-electron chi connectivity index (χ0n) is 14.2. The number of esters is 1. The lowest BCUT2D eigenvalue weighted by atomic mass is 10.0. The lowest BCUT2D eigenvalue weighted by molar-refractivity contribution is 0.0600. The number of hydrogen-bond acceptors (Lipinski definition) is 4. The number of anilines is 1. The van der Waals surface area contributed by atoms with Crippen LogP contribution in [-0.2, 0) is 17.7 Å². The zero-order chi connectivity index (χ0) is 17.8. The van der Waals surface area contributed by atoms with Crippen LogP contribution in [-0.4, -0.2) is 18.1 Å². The van der Waals surface area contributed by atoms with E-state index in [1.807, 2.05) is 55.5 Å². The van der Waals surface area contributed by atoms with Gasteiger partial charge in [-0.05, 0) is 30.2 Å². The van der Waals surface area contributed by atoms with Gasteiger partial charge in [0, 0.05) is 16.4 Å². The van der Waals surface area contributed by atoms with E-state index in [9.17, 15) is 4.79 Å². The molecule has 5 heteroatoms. The van der Waals surface area contributed by atoms with E-state index in [0.29, 0.717) is 18.5 Å². The summed E-state index contributed by atoms with van der Waals surface area (Å²) in [6.07, 6.45) is 0.655. The van der Waals surface area contributed by atoms with Crippen molar-refractivity contribution >= 4 is 38.5 Å². The third-order valence-electron chi connectivity index (χ3n) is 4.07. The van der Waals surface area contributed by atoms with E-state index >= 15 is 0 Å². The minimum atomic E-state index is -0.367. The van der Waals surface area contributed by atoms with Gasteiger partial charge in [-0.2, -0.15) is 0 Å². The summed E-state index contributed by atoms with van der Waals surface area (Å²) in [5, 5.41) is 4.34. The zero-order valence-corrected chi connectivity index (χ0v) is 15.8. The van der Waals surface area contributed by atoms with Gasteiger partial charge in [0.05, 0.1) is 24.0 Å². The normalized spacial score (nSPS) is 10.7. The summed E-state index contributed by atoms with van der Waals surface area (Å²) in [5.41, 5.74) is 4.02. The molecule has 128 valence electrons. The molecule has 0 radical (unpaired) electrons. The second kappa shape index (κ2) is 7.66. The molecule has 1 aromatic heterocycles. The fourth-order valence-corrected chi connectivity index (χ4v) is 3.08. The SMILES string of the molecule is CCc1nc2ccccc2c(NCc2ccc(Br)cc2)c1C(=O)OC. The smallest absolute Gasteiger partial charge is 0.341 e. The van der Waals surface area contributed by atoms with Crippen LogP contribution in [0.5, 0.6) is 0 Å². The van der Waals surface area contributed by atoms with Crippen molar-refractivity contribution in [1.82, 2.24) is 4.98 Å². The first-order valence-corrected chi connectivity index (χ1v) is 8.91. The Labute approximate surface area is 155 Å². The topological polar surface area (TPSA) is 51.2 Å². The molecule has 1 heterocycles. The van der Waals surface area contributed by atoms with Gasteiger partial charge in [0.1, 0.15) is 5.56 Å². The Morgan fingerprint density at radius 1 is 1.16 bits per heavy atom. The average Bonchev–Trinajstić information content (AvgIpc) is 2.65. The number of aryl methyl sites for hydroxylation is 1. The van der Waals surface area contributed by atoms with Crippen LogP contribution < -0.4 is 5.32 Å². The van der Waals surface area contributed by atoms with Gasteiger partial charge in [-0.3, -0.25) is 4.98 Å². The quantitative estimate of drug-likeness (QED) is 0.617. The van der Waals surface area contributed by atoms with Crippen molar-refractivity contribution in [3.05, 3.63) is 69.8 Å². The predicted octanol–water partition coefficient (Wildman–Crippen LogP) is 4.96. The minimum absolute atomic E-state index is 0.367. The molecule has 0 saturated heterocycles. The Bertz CT molecular complexity index is 907. The van der Waals surface area contributed by atoms with Crippen LogP contribution in [0.4, 0.5) is 5.69 Å². The van der Waals surface area contributed by atoms with Gasteiger partial charge in [0.25, 0.3) is 0 Å². The van der Waals surface area contributed by atoms with Gasteiger partial charge in [-0.15, -0.1) is 0 Å². The third-order valence-corrected chi connectivity index (χ3v) is 4.60. The fraction of sp³-hybridized carbons (Fsp3) is 0.200. The number of nitrogens with one attached hydrogen (secondary N) is 1. The van der Waals surface area contributed by atoms with Crippen LogP contribution in [0.25, 0.3) is 10.9 Å². The fourth-order valence-electron chi connectivity index (χ4n) is 2.82. The summed E-state index contributed by atoms with van der Waals surface area (Å²) in [5.74, 6) is -0.367. The molecule has 3 rings (SSSR count). The third kappa shape index (κ3) is 3.66. The molecule has 0 amide bonds. The second-order valence-electron chi connectivity index (χ2n) is 5.65. The van der Waals surface area contributed by atoms with Gasteiger partial charge in [-0.1, -0.05) is 53.2 Å². The molecule has 0 saturated carbocycles. The molecule has 0 atom stereocenters. The monoisotopic (exact) mass is 398 g/mol. The van der Waals surface area contributed by atoms with Crippen molar-refractivity contribution in [3.63, 3.8) is 0 Å². The number of rotatable bonds is 5. The highest BCUT2D eigenvalue weighted by Crippen LogP contribution is 2.30. The lowest BCUT2D eigenvalue weighted by Gasteiger charge is -2.17. The second-order valence-corrected chi connectivity index (χ2v) is 6.57. The van der Waals surface area contributed by atoms with Gasteiger partial charge < -0.3 is 10.1 Å². The molecule has 0 aliphatic rings. The van der Waals surface area contributed by atoms with Gasteiger partial charge in [-0.25, -0.2) is 4.79 Å².